The molecule has 1 spiro atoms. The van der Waals surface area contributed by atoms with Crippen molar-refractivity contribution in [3.63, 3.8) is 0 Å². The van der Waals surface area contributed by atoms with Crippen LogP contribution in [0.3, 0.4) is 0 Å². The van der Waals surface area contributed by atoms with Crippen molar-refractivity contribution >= 4 is 26.2 Å². The van der Waals surface area contributed by atoms with Crippen LogP contribution in [0.5, 0.6) is 0 Å². The van der Waals surface area contributed by atoms with Crippen molar-refractivity contribution in [1.29, 1.82) is 0 Å². The van der Waals surface area contributed by atoms with Gasteiger partial charge in [-0.2, -0.15) is 0 Å². The summed E-state index contributed by atoms with van der Waals surface area (Å²) in [7, 11) is -2.06. The first-order valence-corrected chi connectivity index (χ1v) is 13.6. The Morgan fingerprint density at radius 1 is 1.13 bits per heavy atom. The number of rotatable bonds is 5. The zero-order chi connectivity index (χ0) is 23.1. The quantitative estimate of drug-likeness (QED) is 0.522. The molecule has 1 atom stereocenters. The van der Waals surface area contributed by atoms with E-state index in [1.54, 1.807) is 9.80 Å². The first-order valence-electron chi connectivity index (χ1n) is 10.7. The molecule has 2 saturated heterocycles. The lowest BCUT2D eigenvalue weighted by Gasteiger charge is -2.54. The Labute approximate surface area is 181 Å². The number of carbonyl (C=O) groups is 3. The lowest BCUT2D eigenvalue weighted by atomic mass is 9.70. The first-order chi connectivity index (χ1) is 13.5. The maximum absolute atomic E-state index is 13.1. The second-order valence-electron chi connectivity index (χ2n) is 11.2. The number of nitrogens with zero attached hydrogens (tertiary/aromatic N) is 2. The molecule has 2 aliphatic rings. The Morgan fingerprint density at radius 2 is 1.67 bits per heavy atom. The van der Waals surface area contributed by atoms with Gasteiger partial charge >= 0.3 is 6.09 Å². The highest BCUT2D eigenvalue weighted by Gasteiger charge is 2.56. The van der Waals surface area contributed by atoms with E-state index in [9.17, 15) is 14.4 Å². The van der Waals surface area contributed by atoms with E-state index >= 15 is 0 Å². The van der Waals surface area contributed by atoms with Crippen molar-refractivity contribution in [1.82, 2.24) is 9.80 Å². The van der Waals surface area contributed by atoms with Gasteiger partial charge < -0.3 is 24.7 Å². The molecular formula is C21H39N3O5Si. The van der Waals surface area contributed by atoms with Gasteiger partial charge in [-0.05, 0) is 51.7 Å². The summed E-state index contributed by atoms with van der Waals surface area (Å²) in [6.07, 6.45) is 0.783. The third kappa shape index (κ3) is 5.16. The Morgan fingerprint density at radius 3 is 2.07 bits per heavy atom. The predicted molar refractivity (Wildman–Crippen MR) is 117 cm³/mol. The molecule has 172 valence electrons. The number of ether oxygens (including phenoxy) is 1. The zero-order valence-corrected chi connectivity index (χ0v) is 20.8. The van der Waals surface area contributed by atoms with Crippen molar-refractivity contribution in [3.05, 3.63) is 0 Å². The Kier molecular flexibility index (Phi) is 6.69. The highest BCUT2D eigenvalue weighted by molar-refractivity contribution is 6.74. The van der Waals surface area contributed by atoms with Gasteiger partial charge in [-0.1, -0.05) is 20.8 Å². The van der Waals surface area contributed by atoms with Crippen LogP contribution < -0.4 is 5.73 Å². The van der Waals surface area contributed by atoms with Crippen molar-refractivity contribution in [2.75, 3.05) is 26.2 Å². The smallest absolute Gasteiger partial charge is 0.410 e. The van der Waals surface area contributed by atoms with Crippen LogP contribution in [0.1, 0.15) is 54.4 Å². The summed E-state index contributed by atoms with van der Waals surface area (Å²) in [6, 6.07) is -0.749. The number of likely N-dealkylation sites (tertiary alicyclic amines) is 2. The largest absolute Gasteiger partial charge is 0.444 e. The standard InChI is InChI=1S/C21H39N3O5Si/c1-19(2,3)29-18(27)23-11-9-21(10-12-23)14-24(17(21)26)15(16(22)25)13-28-30(7,8)20(4,5)6/h15H,9-14H2,1-8H3,(H2,22,25)/t15-/m0/s1. The SMILES string of the molecule is CC(C)(C)OC(=O)N1CCC2(CC1)CN([C@@H](CO[Si](C)(C)C(C)(C)C)C(N)=O)C2=O. The molecule has 0 aromatic heterocycles. The van der Waals surface area contributed by atoms with Gasteiger partial charge in [0.05, 0.1) is 12.0 Å². The fourth-order valence-electron chi connectivity index (χ4n) is 3.58. The molecule has 0 aromatic carbocycles. The Balaban J connectivity index is 1.96. The van der Waals surface area contributed by atoms with Gasteiger partial charge in [-0.3, -0.25) is 9.59 Å². The molecule has 2 rings (SSSR count). The van der Waals surface area contributed by atoms with E-state index in [4.69, 9.17) is 14.9 Å². The van der Waals surface area contributed by atoms with Crippen LogP contribution in [0.4, 0.5) is 4.79 Å². The van der Waals surface area contributed by atoms with E-state index in [0.29, 0.717) is 32.5 Å². The lowest BCUT2D eigenvalue weighted by molar-refractivity contribution is -0.173. The van der Waals surface area contributed by atoms with E-state index in [1.165, 1.54) is 0 Å². The maximum atomic E-state index is 13.1. The third-order valence-electron chi connectivity index (χ3n) is 6.67. The van der Waals surface area contributed by atoms with E-state index < -0.39 is 31.3 Å². The molecule has 0 unspecified atom stereocenters. The Bertz CT molecular complexity index is 688. The van der Waals surface area contributed by atoms with Crippen molar-refractivity contribution < 1.29 is 23.5 Å². The lowest BCUT2D eigenvalue weighted by Crippen LogP contribution is -2.70. The number of amides is 3. The summed E-state index contributed by atoms with van der Waals surface area (Å²) < 4.78 is 11.6. The summed E-state index contributed by atoms with van der Waals surface area (Å²) in [6.45, 7) is 17.6. The fraction of sp³-hybridized carbons (Fsp3) is 0.857. The summed E-state index contributed by atoms with van der Waals surface area (Å²) in [5.74, 6) is -0.600. The molecule has 2 N–H and O–H groups in total. The van der Waals surface area contributed by atoms with Crippen LogP contribution in [-0.2, 0) is 18.8 Å². The molecule has 0 radical (unpaired) electrons. The minimum absolute atomic E-state index is 0.00384. The van der Waals surface area contributed by atoms with Crippen LogP contribution in [0.25, 0.3) is 0 Å². The number of primary amides is 1. The molecule has 3 amide bonds. The third-order valence-corrected chi connectivity index (χ3v) is 11.2. The molecule has 0 bridgehead atoms. The van der Waals surface area contributed by atoms with Gasteiger partial charge in [0.2, 0.25) is 11.8 Å². The van der Waals surface area contributed by atoms with E-state index in [-0.39, 0.29) is 23.6 Å². The predicted octanol–water partition coefficient (Wildman–Crippen LogP) is 2.72. The van der Waals surface area contributed by atoms with Gasteiger partial charge in [-0.15, -0.1) is 0 Å². The minimum Gasteiger partial charge on any atom is -0.444 e. The van der Waals surface area contributed by atoms with Crippen molar-refractivity contribution in [3.8, 4) is 0 Å². The molecule has 0 aromatic rings. The van der Waals surface area contributed by atoms with E-state index in [0.717, 1.165) is 0 Å². The van der Waals surface area contributed by atoms with Crippen LogP contribution in [0.15, 0.2) is 0 Å². The number of carbonyl (C=O) groups excluding carboxylic acids is 3. The van der Waals surface area contributed by atoms with Gasteiger partial charge in [0.25, 0.3) is 0 Å². The highest BCUT2D eigenvalue weighted by Crippen LogP contribution is 2.43. The normalized spacial score (nSPS) is 20.7. The summed E-state index contributed by atoms with van der Waals surface area (Å²) >= 11 is 0. The van der Waals surface area contributed by atoms with Crippen LogP contribution in [-0.4, -0.2) is 73.9 Å². The van der Waals surface area contributed by atoms with Gasteiger partial charge in [-0.25, -0.2) is 4.79 Å². The molecule has 0 aliphatic carbocycles. The molecule has 0 saturated carbocycles. The molecule has 8 nitrogen and oxygen atoms in total. The van der Waals surface area contributed by atoms with E-state index in [2.05, 4.69) is 33.9 Å². The van der Waals surface area contributed by atoms with Gasteiger partial charge in [0.15, 0.2) is 8.32 Å². The molecule has 2 fully saturated rings. The maximum Gasteiger partial charge on any atom is 0.410 e. The molecule has 2 aliphatic heterocycles. The monoisotopic (exact) mass is 441 g/mol. The first kappa shape index (κ1) is 24.7. The van der Waals surface area contributed by atoms with Crippen LogP contribution in [0.2, 0.25) is 18.1 Å². The van der Waals surface area contributed by atoms with Gasteiger partial charge in [0.1, 0.15) is 11.6 Å². The number of hydrogen-bond donors (Lipinski definition) is 1. The second-order valence-corrected chi connectivity index (χ2v) is 16.0. The average molecular weight is 442 g/mol. The van der Waals surface area contributed by atoms with Crippen molar-refractivity contribution in [2.45, 2.75) is 84.2 Å². The number of β-lactam (4-membered cyclic amide) rings is 1. The van der Waals surface area contributed by atoms with Crippen LogP contribution in [0, 0.1) is 5.41 Å². The number of hydrogen-bond acceptors (Lipinski definition) is 5. The molecule has 9 heteroatoms. The molecule has 2 heterocycles. The average Bonchev–Trinajstić information content (AvgIpc) is 2.58. The molecule has 30 heavy (non-hydrogen) atoms. The van der Waals surface area contributed by atoms with Crippen molar-refractivity contribution in [2.24, 2.45) is 11.1 Å². The highest BCUT2D eigenvalue weighted by atomic mass is 28.4. The second kappa shape index (κ2) is 8.14. The topological polar surface area (TPSA) is 102 Å². The number of nitrogens with two attached hydrogens (primary N) is 1. The summed E-state index contributed by atoms with van der Waals surface area (Å²) in [4.78, 5) is 40.6. The van der Waals surface area contributed by atoms with Gasteiger partial charge in [0, 0.05) is 19.6 Å². The zero-order valence-electron chi connectivity index (χ0n) is 19.8. The minimum atomic E-state index is -2.06. The summed E-state index contributed by atoms with van der Waals surface area (Å²) in [5.41, 5.74) is 4.56. The summed E-state index contributed by atoms with van der Waals surface area (Å²) in [5, 5.41) is 0.00384. The van der Waals surface area contributed by atoms with E-state index in [1.807, 2.05) is 20.8 Å². The molecular weight excluding hydrogens is 402 g/mol. The number of piperidine rings is 1. The fourth-order valence-corrected chi connectivity index (χ4v) is 4.58. The Hall–Kier alpha value is -1.61. The van der Waals surface area contributed by atoms with Crippen LogP contribution >= 0.6 is 0 Å².